The normalized spacial score (nSPS) is 11.8. The van der Waals surface area contributed by atoms with E-state index in [-0.39, 0.29) is 6.61 Å². The van der Waals surface area contributed by atoms with Gasteiger partial charge in [-0.1, -0.05) is 41.9 Å². The Morgan fingerprint density at radius 1 is 1.22 bits per heavy atom. The van der Waals surface area contributed by atoms with Crippen LogP contribution in [0.25, 0.3) is 0 Å². The lowest BCUT2D eigenvalue weighted by Crippen LogP contribution is -2.31. The van der Waals surface area contributed by atoms with Gasteiger partial charge in [0.15, 0.2) is 6.10 Å². The number of hydrogen-bond donors (Lipinski definition) is 2. The van der Waals surface area contributed by atoms with E-state index in [1.54, 1.807) is 49.5 Å². The molecule has 27 heavy (non-hydrogen) atoms. The number of carbonyl (C=O) groups is 1. The minimum absolute atomic E-state index is 0.202. The molecule has 0 radical (unpaired) electrons. The summed E-state index contributed by atoms with van der Waals surface area (Å²) in [7, 11) is 0. The fourth-order valence-corrected chi connectivity index (χ4v) is 2.76. The summed E-state index contributed by atoms with van der Waals surface area (Å²) in [6.45, 7) is 1.92. The molecule has 7 nitrogen and oxygen atoms in total. The van der Waals surface area contributed by atoms with Crippen molar-refractivity contribution in [3.05, 3.63) is 76.9 Å². The van der Waals surface area contributed by atoms with Gasteiger partial charge < -0.3 is 9.84 Å². The number of benzene rings is 2. The van der Waals surface area contributed by atoms with Gasteiger partial charge in [-0.05, 0) is 30.7 Å². The van der Waals surface area contributed by atoms with Crippen molar-refractivity contribution >= 4 is 23.4 Å². The lowest BCUT2D eigenvalue weighted by atomic mass is 9.99. The number of amides is 1. The number of halogens is 1. The molecule has 2 aromatic carbocycles. The average molecular weight is 388 g/mol. The topological polar surface area (TPSA) is 87.7 Å². The van der Waals surface area contributed by atoms with Gasteiger partial charge in [-0.15, -0.1) is 0 Å². The van der Waals surface area contributed by atoms with Gasteiger partial charge in [0, 0.05) is 16.7 Å². The number of H-pyrrole nitrogens is 1. The molecule has 1 unspecified atom stereocenters. The van der Waals surface area contributed by atoms with Crippen LogP contribution in [0.15, 0.2) is 60.8 Å². The summed E-state index contributed by atoms with van der Waals surface area (Å²) in [6.07, 6.45) is -0.258. The molecule has 1 atom stereocenters. The largest absolute Gasteiger partial charge is 0.465 e. The number of ether oxygens (including phenoxy) is 1. The Morgan fingerprint density at radius 2 is 1.96 bits per heavy atom. The van der Waals surface area contributed by atoms with Crippen LogP contribution in [0, 0.1) is 0 Å². The van der Waals surface area contributed by atoms with Gasteiger partial charge in [0.25, 0.3) is 0 Å². The monoisotopic (exact) mass is 387 g/mol. The quantitative estimate of drug-likeness (QED) is 0.575. The predicted molar refractivity (Wildman–Crippen MR) is 101 cm³/mol. The van der Waals surface area contributed by atoms with Crippen molar-refractivity contribution in [2.75, 3.05) is 11.7 Å². The average Bonchev–Trinajstić information content (AvgIpc) is 3.18. The van der Waals surface area contributed by atoms with Crippen LogP contribution < -0.4 is 9.80 Å². The summed E-state index contributed by atoms with van der Waals surface area (Å²) in [5.74, 6) is 0.447. The van der Waals surface area contributed by atoms with Crippen molar-refractivity contribution in [2.45, 2.75) is 13.0 Å². The lowest BCUT2D eigenvalue weighted by molar-refractivity contribution is 0.102. The molecular weight excluding hydrogens is 370 g/mol. The van der Waals surface area contributed by atoms with Crippen LogP contribution in [0.1, 0.15) is 24.2 Å². The molecule has 0 aliphatic heterocycles. The Balaban J connectivity index is 2.09. The third kappa shape index (κ3) is 4.39. The second-order valence-corrected chi connectivity index (χ2v) is 5.96. The zero-order valence-corrected chi connectivity index (χ0v) is 15.3. The van der Waals surface area contributed by atoms with E-state index >= 15 is 0 Å². The number of carboxylic acid groups (broad SMARTS) is 1. The zero-order chi connectivity index (χ0) is 19.2. The molecule has 140 valence electrons. The highest BCUT2D eigenvalue weighted by atomic mass is 35.5. The molecule has 0 saturated carbocycles. The first kappa shape index (κ1) is 18.8. The van der Waals surface area contributed by atoms with Crippen molar-refractivity contribution in [3.8, 4) is 5.88 Å². The maximum Gasteiger partial charge on any atom is 0.436 e. The van der Waals surface area contributed by atoms with Crippen molar-refractivity contribution < 1.29 is 19.5 Å². The number of anilines is 1. The highest BCUT2D eigenvalue weighted by molar-refractivity contribution is 6.30. The second kappa shape index (κ2) is 8.57. The number of hydrogen-bond acceptors (Lipinski definition) is 4. The molecule has 0 spiro atoms. The van der Waals surface area contributed by atoms with Gasteiger partial charge in [0.1, 0.15) is 0 Å². The number of para-hydroxylation sites is 1. The van der Waals surface area contributed by atoms with E-state index in [9.17, 15) is 9.90 Å². The Hall–Kier alpha value is -3.03. The third-order valence-electron chi connectivity index (χ3n) is 3.76. The number of nitrogens with zero attached hydrogens (tertiary/aromatic N) is 2. The fourth-order valence-electron chi connectivity index (χ4n) is 2.64. The SMILES string of the molecule is CCON(C(=O)O)c1ccccc1C(Oc1ccn[nH]1)c1ccc(Cl)cc1. The van der Waals surface area contributed by atoms with E-state index in [1.165, 1.54) is 0 Å². The number of hydroxylamine groups is 1. The van der Waals surface area contributed by atoms with Crippen LogP contribution in [-0.4, -0.2) is 28.0 Å². The van der Waals surface area contributed by atoms with E-state index in [0.717, 1.165) is 10.6 Å². The summed E-state index contributed by atoms with van der Waals surface area (Å²) in [6, 6.07) is 15.8. The summed E-state index contributed by atoms with van der Waals surface area (Å²) < 4.78 is 6.08. The molecule has 3 aromatic rings. The van der Waals surface area contributed by atoms with E-state index in [0.29, 0.717) is 22.2 Å². The Labute approximate surface area is 161 Å². The summed E-state index contributed by atoms with van der Waals surface area (Å²) in [4.78, 5) is 17.0. The van der Waals surface area contributed by atoms with Crippen molar-refractivity contribution in [1.82, 2.24) is 10.2 Å². The van der Waals surface area contributed by atoms with Gasteiger partial charge >= 0.3 is 6.09 Å². The van der Waals surface area contributed by atoms with Crippen molar-refractivity contribution in [2.24, 2.45) is 0 Å². The van der Waals surface area contributed by atoms with Gasteiger partial charge in [-0.2, -0.15) is 10.2 Å². The van der Waals surface area contributed by atoms with Crippen LogP contribution >= 0.6 is 11.6 Å². The number of aromatic nitrogens is 2. The lowest BCUT2D eigenvalue weighted by Gasteiger charge is -2.25. The molecule has 2 N–H and O–H groups in total. The predicted octanol–water partition coefficient (Wildman–Crippen LogP) is 4.67. The van der Waals surface area contributed by atoms with Gasteiger partial charge in [0.2, 0.25) is 5.88 Å². The molecule has 1 amide bonds. The summed E-state index contributed by atoms with van der Waals surface area (Å²) in [5.41, 5.74) is 1.78. The maximum absolute atomic E-state index is 11.7. The highest BCUT2D eigenvalue weighted by Gasteiger charge is 2.26. The molecule has 0 saturated heterocycles. The Morgan fingerprint density at radius 3 is 2.59 bits per heavy atom. The molecule has 0 aliphatic rings. The maximum atomic E-state index is 11.7. The van der Waals surface area contributed by atoms with E-state index in [1.807, 2.05) is 18.2 Å². The van der Waals surface area contributed by atoms with Crippen molar-refractivity contribution in [1.29, 1.82) is 0 Å². The minimum atomic E-state index is -1.22. The number of rotatable bonds is 7. The third-order valence-corrected chi connectivity index (χ3v) is 4.01. The molecule has 0 aliphatic carbocycles. The van der Waals surface area contributed by atoms with E-state index < -0.39 is 12.2 Å². The Kier molecular flexibility index (Phi) is 5.95. The smallest absolute Gasteiger partial charge is 0.436 e. The second-order valence-electron chi connectivity index (χ2n) is 5.52. The first-order valence-corrected chi connectivity index (χ1v) is 8.64. The molecule has 8 heteroatoms. The number of nitrogens with one attached hydrogen (secondary N) is 1. The van der Waals surface area contributed by atoms with Crippen molar-refractivity contribution in [3.63, 3.8) is 0 Å². The van der Waals surface area contributed by atoms with Gasteiger partial charge in [0.05, 0.1) is 18.5 Å². The molecule has 0 bridgehead atoms. The van der Waals surface area contributed by atoms with E-state index in [2.05, 4.69) is 10.2 Å². The summed E-state index contributed by atoms with van der Waals surface area (Å²) >= 11 is 6.01. The fraction of sp³-hybridized carbons (Fsp3) is 0.158. The molecular formula is C19H18ClN3O4. The molecule has 3 rings (SSSR count). The van der Waals surface area contributed by atoms with E-state index in [4.69, 9.17) is 21.2 Å². The van der Waals surface area contributed by atoms with Crippen LogP contribution in [0.3, 0.4) is 0 Å². The molecule has 0 fully saturated rings. The standard InChI is InChI=1S/C19H18ClN3O4/c1-2-26-23(19(24)25)16-6-4-3-5-15(16)18(27-17-11-12-21-22-17)13-7-9-14(20)10-8-13/h3-12,18H,2H2,1H3,(H,21,22)(H,24,25). The molecule has 1 aromatic heterocycles. The first-order valence-electron chi connectivity index (χ1n) is 8.26. The zero-order valence-electron chi connectivity index (χ0n) is 14.5. The van der Waals surface area contributed by atoms with Crippen LogP contribution in [0.2, 0.25) is 5.02 Å². The van der Waals surface area contributed by atoms with Gasteiger partial charge in [-0.25, -0.2) is 9.89 Å². The van der Waals surface area contributed by atoms with Crippen LogP contribution in [0.5, 0.6) is 5.88 Å². The Bertz CT molecular complexity index is 884. The highest BCUT2D eigenvalue weighted by Crippen LogP contribution is 2.34. The summed E-state index contributed by atoms with van der Waals surface area (Å²) in [5, 5.41) is 17.6. The molecule has 1 heterocycles. The van der Waals surface area contributed by atoms with Gasteiger partial charge in [-0.3, -0.25) is 4.84 Å². The van der Waals surface area contributed by atoms with Crippen LogP contribution in [0.4, 0.5) is 10.5 Å². The van der Waals surface area contributed by atoms with Crippen LogP contribution in [-0.2, 0) is 4.84 Å². The minimum Gasteiger partial charge on any atom is -0.465 e. The first-order chi connectivity index (χ1) is 13.1. The number of aromatic amines is 1.